The van der Waals surface area contributed by atoms with Crippen molar-refractivity contribution in [2.45, 2.75) is 0 Å². The maximum atomic E-state index is 11.8. The summed E-state index contributed by atoms with van der Waals surface area (Å²) in [5.74, 6) is 4.48. The highest BCUT2D eigenvalue weighted by Gasteiger charge is 2.08. The molecule has 0 radical (unpaired) electrons. The quantitative estimate of drug-likeness (QED) is 0.824. The van der Waals surface area contributed by atoms with E-state index in [9.17, 15) is 9.59 Å². The van der Waals surface area contributed by atoms with Crippen LogP contribution in [0.4, 0.5) is 0 Å². The zero-order valence-electron chi connectivity index (χ0n) is 11.2. The highest BCUT2D eigenvalue weighted by atomic mass is 16.5. The summed E-state index contributed by atoms with van der Waals surface area (Å²) in [7, 11) is 1.53. The van der Waals surface area contributed by atoms with Crippen molar-refractivity contribution < 1.29 is 14.6 Å². The lowest BCUT2D eigenvalue weighted by atomic mass is 10.1. The summed E-state index contributed by atoms with van der Waals surface area (Å²) in [5, 5.41) is 8.85. The van der Waals surface area contributed by atoms with E-state index in [4.69, 9.17) is 9.84 Å². The number of aromatic nitrogens is 2. The number of nitrogens with zero attached hydrogens (tertiary/aromatic N) is 1. The molecule has 0 aliphatic carbocycles. The van der Waals surface area contributed by atoms with Gasteiger partial charge in [0, 0.05) is 18.9 Å². The second-order valence-electron chi connectivity index (χ2n) is 4.08. The first-order valence-electron chi connectivity index (χ1n) is 6.03. The molecule has 2 aromatic rings. The van der Waals surface area contributed by atoms with Crippen molar-refractivity contribution >= 4 is 5.97 Å². The SMILES string of the molecule is COCC#Cc1c[nH]c(=O)c(-c2ccc(C(=O)O)cc2)n1. The van der Waals surface area contributed by atoms with Crippen LogP contribution in [0.1, 0.15) is 16.1 Å². The molecule has 0 aliphatic rings. The van der Waals surface area contributed by atoms with Gasteiger partial charge in [0.15, 0.2) is 0 Å². The van der Waals surface area contributed by atoms with Crippen LogP contribution >= 0.6 is 0 Å². The van der Waals surface area contributed by atoms with E-state index in [2.05, 4.69) is 21.8 Å². The average Bonchev–Trinajstić information content (AvgIpc) is 2.49. The number of hydrogen-bond donors (Lipinski definition) is 2. The van der Waals surface area contributed by atoms with Crippen LogP contribution in [0.15, 0.2) is 35.3 Å². The van der Waals surface area contributed by atoms with E-state index in [1.54, 1.807) is 0 Å². The summed E-state index contributed by atoms with van der Waals surface area (Å²) in [6.45, 7) is 0.267. The molecule has 1 heterocycles. The average molecular weight is 284 g/mol. The van der Waals surface area contributed by atoms with Gasteiger partial charge in [-0.1, -0.05) is 18.1 Å². The Balaban J connectivity index is 2.39. The van der Waals surface area contributed by atoms with Gasteiger partial charge in [0.05, 0.1) is 5.56 Å². The molecule has 0 unspecified atom stereocenters. The van der Waals surface area contributed by atoms with Crippen molar-refractivity contribution in [1.29, 1.82) is 0 Å². The number of aromatic carboxylic acids is 1. The fraction of sp³-hybridized carbons (Fsp3) is 0.133. The third kappa shape index (κ3) is 3.55. The van der Waals surface area contributed by atoms with E-state index in [0.29, 0.717) is 11.3 Å². The lowest BCUT2D eigenvalue weighted by Crippen LogP contribution is -2.11. The molecule has 0 bridgehead atoms. The van der Waals surface area contributed by atoms with Gasteiger partial charge >= 0.3 is 5.97 Å². The molecule has 1 aromatic heterocycles. The Morgan fingerprint density at radius 3 is 2.71 bits per heavy atom. The second kappa shape index (κ2) is 6.50. The molecule has 6 nitrogen and oxygen atoms in total. The third-order valence-electron chi connectivity index (χ3n) is 2.63. The van der Waals surface area contributed by atoms with Crippen molar-refractivity contribution in [3.63, 3.8) is 0 Å². The lowest BCUT2D eigenvalue weighted by molar-refractivity contribution is 0.0697. The molecule has 1 aromatic carbocycles. The minimum atomic E-state index is -1.03. The molecular formula is C15H12N2O4. The number of rotatable bonds is 3. The van der Waals surface area contributed by atoms with Crippen molar-refractivity contribution in [3.05, 3.63) is 52.1 Å². The fourth-order valence-electron chi connectivity index (χ4n) is 1.63. The van der Waals surface area contributed by atoms with Gasteiger partial charge < -0.3 is 14.8 Å². The number of nitrogens with one attached hydrogen (secondary N) is 1. The molecule has 106 valence electrons. The minimum absolute atomic E-state index is 0.145. The Labute approximate surface area is 120 Å². The topological polar surface area (TPSA) is 92.3 Å². The van der Waals surface area contributed by atoms with Crippen LogP contribution < -0.4 is 5.56 Å². The highest BCUT2D eigenvalue weighted by Crippen LogP contribution is 2.14. The van der Waals surface area contributed by atoms with Crippen LogP contribution in [0.5, 0.6) is 0 Å². The summed E-state index contributed by atoms with van der Waals surface area (Å²) < 4.78 is 4.81. The van der Waals surface area contributed by atoms with E-state index in [-0.39, 0.29) is 23.4 Å². The van der Waals surface area contributed by atoms with Gasteiger partial charge in [0.1, 0.15) is 18.0 Å². The molecule has 0 saturated heterocycles. The third-order valence-corrected chi connectivity index (χ3v) is 2.63. The largest absolute Gasteiger partial charge is 0.478 e. The van der Waals surface area contributed by atoms with Crippen molar-refractivity contribution in [2.75, 3.05) is 13.7 Å². The van der Waals surface area contributed by atoms with E-state index >= 15 is 0 Å². The number of ether oxygens (including phenoxy) is 1. The minimum Gasteiger partial charge on any atom is -0.478 e. The Morgan fingerprint density at radius 1 is 1.38 bits per heavy atom. The fourth-order valence-corrected chi connectivity index (χ4v) is 1.63. The molecule has 0 atom stereocenters. The standard InChI is InChI=1S/C15H12N2O4/c1-21-8-2-3-12-9-16-14(18)13(17-12)10-4-6-11(7-5-10)15(19)20/h4-7,9H,8H2,1H3,(H,16,18)(H,19,20). The van der Waals surface area contributed by atoms with Crippen molar-refractivity contribution in [3.8, 4) is 23.1 Å². The van der Waals surface area contributed by atoms with Crippen LogP contribution in [0.3, 0.4) is 0 Å². The van der Waals surface area contributed by atoms with Crippen LogP contribution in [0, 0.1) is 11.8 Å². The first kappa shape index (κ1) is 14.5. The molecule has 0 spiro atoms. The van der Waals surface area contributed by atoms with Gasteiger partial charge in [-0.05, 0) is 18.1 Å². The van der Waals surface area contributed by atoms with Gasteiger partial charge in [0.2, 0.25) is 0 Å². The summed E-state index contributed by atoms with van der Waals surface area (Å²) >= 11 is 0. The molecule has 0 aliphatic heterocycles. The van der Waals surface area contributed by atoms with Gasteiger partial charge in [-0.25, -0.2) is 9.78 Å². The van der Waals surface area contributed by atoms with Crippen LogP contribution in [-0.4, -0.2) is 34.8 Å². The van der Waals surface area contributed by atoms with Gasteiger partial charge in [-0.15, -0.1) is 0 Å². The van der Waals surface area contributed by atoms with E-state index in [1.807, 2.05) is 0 Å². The summed E-state index contributed by atoms with van der Waals surface area (Å²) in [6.07, 6.45) is 1.42. The number of carboxylic acid groups (broad SMARTS) is 1. The van der Waals surface area contributed by atoms with Gasteiger partial charge in [-0.2, -0.15) is 0 Å². The summed E-state index contributed by atoms with van der Waals surface area (Å²) in [4.78, 5) is 29.3. The predicted molar refractivity (Wildman–Crippen MR) is 76.0 cm³/mol. The monoisotopic (exact) mass is 284 g/mol. The van der Waals surface area contributed by atoms with E-state index in [0.717, 1.165) is 0 Å². The predicted octanol–water partition coefficient (Wildman–Crippen LogP) is 1.13. The molecular weight excluding hydrogens is 272 g/mol. The lowest BCUT2D eigenvalue weighted by Gasteiger charge is -2.01. The molecule has 2 rings (SSSR count). The Hall–Kier alpha value is -2.91. The molecule has 0 amide bonds. The first-order chi connectivity index (χ1) is 10.1. The first-order valence-corrected chi connectivity index (χ1v) is 6.03. The van der Waals surface area contributed by atoms with Crippen LogP contribution in [0.2, 0.25) is 0 Å². The molecule has 6 heteroatoms. The van der Waals surface area contributed by atoms with E-state index < -0.39 is 5.97 Å². The Kier molecular flexibility index (Phi) is 4.49. The van der Waals surface area contributed by atoms with Crippen LogP contribution in [0.25, 0.3) is 11.3 Å². The number of hydrogen-bond acceptors (Lipinski definition) is 4. The molecule has 2 N–H and O–H groups in total. The smallest absolute Gasteiger partial charge is 0.335 e. The van der Waals surface area contributed by atoms with Gasteiger partial charge in [-0.3, -0.25) is 4.79 Å². The second-order valence-corrected chi connectivity index (χ2v) is 4.08. The number of aromatic amines is 1. The van der Waals surface area contributed by atoms with Gasteiger partial charge in [0.25, 0.3) is 5.56 Å². The zero-order chi connectivity index (χ0) is 15.2. The molecule has 0 fully saturated rings. The van der Waals surface area contributed by atoms with E-state index in [1.165, 1.54) is 37.6 Å². The van der Waals surface area contributed by atoms with Crippen molar-refractivity contribution in [2.24, 2.45) is 0 Å². The highest BCUT2D eigenvalue weighted by molar-refractivity contribution is 5.88. The number of benzene rings is 1. The maximum Gasteiger partial charge on any atom is 0.335 e. The number of carboxylic acids is 1. The Morgan fingerprint density at radius 2 is 2.10 bits per heavy atom. The zero-order valence-corrected chi connectivity index (χ0v) is 11.2. The maximum absolute atomic E-state index is 11.8. The molecule has 0 saturated carbocycles. The van der Waals surface area contributed by atoms with Crippen molar-refractivity contribution in [1.82, 2.24) is 9.97 Å². The number of methoxy groups -OCH3 is 1. The van der Waals surface area contributed by atoms with Crippen LogP contribution in [-0.2, 0) is 4.74 Å². The Bertz CT molecular complexity index is 767. The molecule has 21 heavy (non-hydrogen) atoms. The number of H-pyrrole nitrogens is 1. The number of carbonyl (C=O) groups is 1. The summed E-state index contributed by atoms with van der Waals surface area (Å²) in [5.41, 5.74) is 0.901. The normalized spacial score (nSPS) is 9.76. The summed E-state index contributed by atoms with van der Waals surface area (Å²) in [6, 6.07) is 5.91.